The van der Waals surface area contributed by atoms with Crippen LogP contribution in [0.4, 0.5) is 18.9 Å². The first-order valence-corrected chi connectivity index (χ1v) is 9.26. The van der Waals surface area contributed by atoms with Crippen LogP contribution in [0, 0.1) is 0 Å². The Bertz CT molecular complexity index is 1040. The molecule has 0 bridgehead atoms. The molecule has 4 heterocycles. The van der Waals surface area contributed by atoms with Gasteiger partial charge in [-0.1, -0.05) is 0 Å². The quantitative estimate of drug-likeness (QED) is 0.693. The van der Waals surface area contributed by atoms with Gasteiger partial charge in [0.25, 0.3) is 0 Å². The maximum atomic E-state index is 12.4. The third-order valence-electron chi connectivity index (χ3n) is 5.26. The van der Waals surface area contributed by atoms with Crippen LogP contribution >= 0.6 is 0 Å². The molecule has 0 amide bonds. The molecule has 5 rings (SSSR count). The zero-order valence-electron chi connectivity index (χ0n) is 15.2. The predicted molar refractivity (Wildman–Crippen MR) is 99.4 cm³/mol. The molecule has 2 aromatic heterocycles. The van der Waals surface area contributed by atoms with Crippen molar-refractivity contribution >= 4 is 16.7 Å². The smallest absolute Gasteiger partial charge is 0.406 e. The van der Waals surface area contributed by atoms with E-state index in [1.165, 1.54) is 24.3 Å². The van der Waals surface area contributed by atoms with Gasteiger partial charge in [-0.15, -0.1) is 13.2 Å². The average molecular weight is 405 g/mol. The third kappa shape index (κ3) is 3.28. The Morgan fingerprint density at radius 3 is 2.41 bits per heavy atom. The van der Waals surface area contributed by atoms with Crippen molar-refractivity contribution in [2.24, 2.45) is 0 Å². The fourth-order valence-electron chi connectivity index (χ4n) is 3.70. The standard InChI is InChI=1S/C19H18F3N5O2/c20-19(21,22)29-14-3-1-12(2-4-14)27-18-16(17(25-27)11-7-23-8-11)15(5-6-24-18)26-9-13(28)10-26/h1-6,11,13,23,28H,7-10H2. The monoisotopic (exact) mass is 405 g/mol. The molecule has 3 aromatic rings. The summed E-state index contributed by atoms with van der Waals surface area (Å²) in [6.45, 7) is 2.72. The van der Waals surface area contributed by atoms with E-state index in [-0.39, 0.29) is 17.8 Å². The molecule has 7 nitrogen and oxygen atoms in total. The van der Waals surface area contributed by atoms with E-state index in [0.717, 1.165) is 29.9 Å². The van der Waals surface area contributed by atoms with Gasteiger partial charge in [0.1, 0.15) is 5.75 Å². The molecule has 0 atom stereocenters. The molecule has 0 saturated carbocycles. The number of aromatic nitrogens is 3. The van der Waals surface area contributed by atoms with Crippen LogP contribution in [0.15, 0.2) is 36.5 Å². The maximum absolute atomic E-state index is 12.4. The van der Waals surface area contributed by atoms with Gasteiger partial charge in [-0.3, -0.25) is 0 Å². The van der Waals surface area contributed by atoms with Crippen LogP contribution in [0.25, 0.3) is 16.7 Å². The Morgan fingerprint density at radius 2 is 1.83 bits per heavy atom. The van der Waals surface area contributed by atoms with Crippen molar-refractivity contribution in [2.45, 2.75) is 18.4 Å². The summed E-state index contributed by atoms with van der Waals surface area (Å²) in [6.07, 6.45) is -3.39. The molecule has 1 aromatic carbocycles. The van der Waals surface area contributed by atoms with Crippen molar-refractivity contribution in [3.8, 4) is 11.4 Å². The molecule has 2 aliphatic rings. The Kier molecular flexibility index (Phi) is 4.14. The van der Waals surface area contributed by atoms with Crippen molar-refractivity contribution in [3.63, 3.8) is 0 Å². The number of nitrogens with zero attached hydrogens (tertiary/aromatic N) is 4. The van der Waals surface area contributed by atoms with Gasteiger partial charge in [-0.25, -0.2) is 9.67 Å². The van der Waals surface area contributed by atoms with Crippen LogP contribution in [-0.4, -0.2) is 58.5 Å². The molecular weight excluding hydrogens is 387 g/mol. The Balaban J connectivity index is 1.58. The number of benzene rings is 1. The van der Waals surface area contributed by atoms with Gasteiger partial charge in [0.2, 0.25) is 0 Å². The Morgan fingerprint density at radius 1 is 1.10 bits per heavy atom. The molecule has 2 aliphatic heterocycles. The number of hydrogen-bond donors (Lipinski definition) is 2. The van der Waals surface area contributed by atoms with Crippen LogP contribution in [-0.2, 0) is 0 Å². The fraction of sp³-hybridized carbons (Fsp3) is 0.368. The van der Waals surface area contributed by atoms with Gasteiger partial charge in [-0.2, -0.15) is 5.10 Å². The summed E-state index contributed by atoms with van der Waals surface area (Å²) in [7, 11) is 0. The lowest BCUT2D eigenvalue weighted by atomic mass is 9.96. The molecule has 2 saturated heterocycles. The second-order valence-corrected chi connectivity index (χ2v) is 7.28. The highest BCUT2D eigenvalue weighted by atomic mass is 19.4. The summed E-state index contributed by atoms with van der Waals surface area (Å²) in [5, 5.41) is 18.6. The summed E-state index contributed by atoms with van der Waals surface area (Å²) in [6, 6.07) is 7.49. The van der Waals surface area contributed by atoms with E-state index < -0.39 is 6.36 Å². The number of β-amino-alcohol motifs (C(OH)–C–C–N with tert-alkyl or cyclic N) is 1. The number of pyridine rings is 1. The number of alkyl halides is 3. The molecule has 0 unspecified atom stereocenters. The van der Waals surface area contributed by atoms with Crippen molar-refractivity contribution in [1.29, 1.82) is 0 Å². The zero-order valence-corrected chi connectivity index (χ0v) is 15.2. The summed E-state index contributed by atoms with van der Waals surface area (Å²) in [5.41, 5.74) is 3.09. The first-order valence-electron chi connectivity index (χ1n) is 9.26. The van der Waals surface area contributed by atoms with Crippen molar-refractivity contribution in [1.82, 2.24) is 20.1 Å². The highest BCUT2D eigenvalue weighted by Crippen LogP contribution is 2.37. The van der Waals surface area contributed by atoms with Crippen molar-refractivity contribution in [3.05, 3.63) is 42.2 Å². The van der Waals surface area contributed by atoms with Crippen molar-refractivity contribution in [2.75, 3.05) is 31.1 Å². The molecule has 152 valence electrons. The minimum Gasteiger partial charge on any atom is -0.406 e. The van der Waals surface area contributed by atoms with Crippen molar-refractivity contribution < 1.29 is 23.0 Å². The molecule has 2 fully saturated rings. The second-order valence-electron chi connectivity index (χ2n) is 7.28. The lowest BCUT2D eigenvalue weighted by Gasteiger charge is -2.38. The number of rotatable bonds is 4. The lowest BCUT2D eigenvalue weighted by molar-refractivity contribution is -0.274. The number of hydrogen-bond acceptors (Lipinski definition) is 6. The van der Waals surface area contributed by atoms with E-state index in [1.54, 1.807) is 10.9 Å². The highest BCUT2D eigenvalue weighted by molar-refractivity contribution is 5.94. The average Bonchev–Trinajstić information content (AvgIpc) is 2.96. The maximum Gasteiger partial charge on any atom is 0.573 e. The largest absolute Gasteiger partial charge is 0.573 e. The van der Waals surface area contributed by atoms with Gasteiger partial charge in [0.05, 0.1) is 28.6 Å². The molecule has 0 aliphatic carbocycles. The topological polar surface area (TPSA) is 75.4 Å². The van der Waals surface area contributed by atoms with Crippen LogP contribution in [0.3, 0.4) is 0 Å². The molecule has 10 heteroatoms. The SMILES string of the molecule is OC1CN(c2ccnc3c2c(C2CNC2)nn3-c2ccc(OC(F)(F)F)cc2)C1. The first-order chi connectivity index (χ1) is 13.9. The minimum atomic E-state index is -4.73. The van der Waals surface area contributed by atoms with E-state index >= 15 is 0 Å². The number of halogens is 3. The molecule has 0 spiro atoms. The van der Waals surface area contributed by atoms with Crippen LogP contribution in [0.2, 0.25) is 0 Å². The van der Waals surface area contributed by atoms with Crippen LogP contribution in [0.5, 0.6) is 5.75 Å². The fourth-order valence-corrected chi connectivity index (χ4v) is 3.70. The highest BCUT2D eigenvalue weighted by Gasteiger charge is 2.33. The third-order valence-corrected chi connectivity index (χ3v) is 5.26. The van der Waals surface area contributed by atoms with Gasteiger partial charge < -0.3 is 20.1 Å². The number of anilines is 1. The number of fused-ring (bicyclic) bond motifs is 1. The number of aliphatic hydroxyl groups is 1. The molecule has 29 heavy (non-hydrogen) atoms. The van der Waals surface area contributed by atoms with E-state index in [2.05, 4.69) is 19.9 Å². The number of ether oxygens (including phenoxy) is 1. The number of nitrogens with one attached hydrogen (secondary N) is 1. The van der Waals surface area contributed by atoms with Crippen LogP contribution < -0.4 is 15.0 Å². The van der Waals surface area contributed by atoms with E-state index in [1.807, 2.05) is 6.07 Å². The molecule has 2 N–H and O–H groups in total. The minimum absolute atomic E-state index is 0.237. The molecule has 0 radical (unpaired) electrons. The van der Waals surface area contributed by atoms with Gasteiger partial charge in [0.15, 0.2) is 5.65 Å². The normalized spacial score (nSPS) is 18.0. The Hall–Kier alpha value is -2.85. The van der Waals surface area contributed by atoms with Gasteiger partial charge in [0, 0.05) is 38.3 Å². The first kappa shape index (κ1) is 18.2. The van der Waals surface area contributed by atoms with E-state index in [0.29, 0.717) is 24.4 Å². The van der Waals surface area contributed by atoms with E-state index in [9.17, 15) is 18.3 Å². The second kappa shape index (κ2) is 6.60. The zero-order chi connectivity index (χ0) is 20.2. The lowest BCUT2D eigenvalue weighted by Crippen LogP contribution is -2.51. The van der Waals surface area contributed by atoms with E-state index in [4.69, 9.17) is 5.10 Å². The predicted octanol–water partition coefficient (Wildman–Crippen LogP) is 2.19. The van der Waals surface area contributed by atoms with Gasteiger partial charge >= 0.3 is 6.36 Å². The summed E-state index contributed by atoms with van der Waals surface area (Å²) >= 11 is 0. The van der Waals surface area contributed by atoms with Crippen LogP contribution in [0.1, 0.15) is 11.6 Å². The summed E-state index contributed by atoms with van der Waals surface area (Å²) < 4.78 is 42.9. The summed E-state index contributed by atoms with van der Waals surface area (Å²) in [5.74, 6) is -0.0509. The van der Waals surface area contributed by atoms with Gasteiger partial charge in [-0.05, 0) is 30.3 Å². The molecular formula is C19H18F3N5O2. The summed E-state index contributed by atoms with van der Waals surface area (Å²) in [4.78, 5) is 6.58. The number of aliphatic hydroxyl groups excluding tert-OH is 1. The Labute approximate surface area is 163 Å².